The molecule has 3 rings (SSSR count). The van der Waals surface area contributed by atoms with E-state index in [9.17, 15) is 8.42 Å². The minimum Gasteiger partial charge on any atom is -0.349 e. The van der Waals surface area contributed by atoms with Gasteiger partial charge < -0.3 is 18.8 Å². The van der Waals surface area contributed by atoms with Crippen molar-refractivity contribution in [2.75, 3.05) is 19.5 Å². The molecule has 8 nitrogen and oxygen atoms in total. The third-order valence-electron chi connectivity index (χ3n) is 4.91. The van der Waals surface area contributed by atoms with Crippen LogP contribution in [0.1, 0.15) is 38.7 Å². The van der Waals surface area contributed by atoms with Crippen LogP contribution < -0.4 is 0 Å². The highest BCUT2D eigenvalue weighted by molar-refractivity contribution is 7.85. The normalized spacial score (nSPS) is 26.8. The Morgan fingerprint density at radius 2 is 1.97 bits per heavy atom. The van der Waals surface area contributed by atoms with Crippen molar-refractivity contribution in [3.63, 3.8) is 0 Å². The molecule has 1 aromatic carbocycles. The Labute approximate surface area is 178 Å². The van der Waals surface area contributed by atoms with E-state index in [4.69, 9.17) is 18.4 Å². The van der Waals surface area contributed by atoms with Crippen LogP contribution in [0.25, 0.3) is 0 Å². The molecule has 2 aromatic rings. The SMILES string of the molecule is CCCOC1OC(CCC)(Cn2ccnc2)OC1(COS(C)(=O)=O)c1ccccc1. The van der Waals surface area contributed by atoms with E-state index in [1.807, 2.05) is 54.9 Å². The van der Waals surface area contributed by atoms with Gasteiger partial charge in [0.2, 0.25) is 0 Å². The number of benzene rings is 1. The number of nitrogens with zero attached hydrogens (tertiary/aromatic N) is 2. The maximum absolute atomic E-state index is 11.9. The lowest BCUT2D eigenvalue weighted by Gasteiger charge is -2.33. The molecule has 1 aliphatic heterocycles. The summed E-state index contributed by atoms with van der Waals surface area (Å²) in [5, 5.41) is 0. The van der Waals surface area contributed by atoms with Crippen molar-refractivity contribution in [2.45, 2.75) is 57.3 Å². The summed E-state index contributed by atoms with van der Waals surface area (Å²) in [4.78, 5) is 4.10. The zero-order chi connectivity index (χ0) is 21.7. The Morgan fingerprint density at radius 1 is 1.20 bits per heavy atom. The topological polar surface area (TPSA) is 88.9 Å². The van der Waals surface area contributed by atoms with E-state index < -0.39 is 27.8 Å². The molecule has 166 valence electrons. The molecule has 0 aliphatic carbocycles. The van der Waals surface area contributed by atoms with Crippen molar-refractivity contribution < 1.29 is 26.8 Å². The van der Waals surface area contributed by atoms with E-state index in [1.165, 1.54) is 0 Å². The van der Waals surface area contributed by atoms with Crippen LogP contribution >= 0.6 is 0 Å². The second-order valence-corrected chi connectivity index (χ2v) is 9.18. The maximum atomic E-state index is 11.9. The molecule has 0 amide bonds. The molecular weight excluding hydrogens is 408 g/mol. The summed E-state index contributed by atoms with van der Waals surface area (Å²) in [7, 11) is -3.71. The van der Waals surface area contributed by atoms with Gasteiger partial charge >= 0.3 is 0 Å². The zero-order valence-corrected chi connectivity index (χ0v) is 18.5. The molecule has 0 N–H and O–H groups in total. The summed E-state index contributed by atoms with van der Waals surface area (Å²) >= 11 is 0. The third kappa shape index (κ3) is 5.28. The molecule has 0 bridgehead atoms. The van der Waals surface area contributed by atoms with Crippen LogP contribution in [-0.2, 0) is 40.7 Å². The summed E-state index contributed by atoms with van der Waals surface area (Å²) < 4.78 is 50.0. The summed E-state index contributed by atoms with van der Waals surface area (Å²) in [6, 6.07) is 9.37. The summed E-state index contributed by atoms with van der Waals surface area (Å²) in [6.07, 6.45) is 7.57. The molecule has 1 aliphatic rings. The van der Waals surface area contributed by atoms with Crippen molar-refractivity contribution in [1.82, 2.24) is 9.55 Å². The second kappa shape index (κ2) is 9.57. The first kappa shape index (κ1) is 22.9. The van der Waals surface area contributed by atoms with Crippen LogP contribution in [-0.4, -0.2) is 49.5 Å². The number of hydrogen-bond donors (Lipinski definition) is 0. The van der Waals surface area contributed by atoms with E-state index in [2.05, 4.69) is 4.98 Å². The Bertz CT molecular complexity index is 889. The van der Waals surface area contributed by atoms with Crippen molar-refractivity contribution in [3.8, 4) is 0 Å². The van der Waals surface area contributed by atoms with Gasteiger partial charge in [-0.15, -0.1) is 0 Å². The van der Waals surface area contributed by atoms with Gasteiger partial charge in [-0.2, -0.15) is 8.42 Å². The van der Waals surface area contributed by atoms with Gasteiger partial charge in [0.05, 0.1) is 19.1 Å². The third-order valence-corrected chi connectivity index (χ3v) is 5.45. The van der Waals surface area contributed by atoms with Gasteiger partial charge in [0.15, 0.2) is 17.7 Å². The minimum atomic E-state index is -3.71. The highest BCUT2D eigenvalue weighted by Crippen LogP contribution is 2.47. The first-order valence-electron chi connectivity index (χ1n) is 10.2. The first-order chi connectivity index (χ1) is 14.3. The molecule has 3 unspecified atom stereocenters. The summed E-state index contributed by atoms with van der Waals surface area (Å²) in [6.45, 7) is 4.62. The molecule has 0 radical (unpaired) electrons. The maximum Gasteiger partial charge on any atom is 0.264 e. The Hall–Kier alpha value is -1.78. The molecule has 1 fully saturated rings. The predicted molar refractivity (Wildman–Crippen MR) is 111 cm³/mol. The molecule has 0 spiro atoms. The van der Waals surface area contributed by atoms with Crippen LogP contribution in [0, 0.1) is 0 Å². The van der Waals surface area contributed by atoms with Crippen LogP contribution in [0.4, 0.5) is 0 Å². The smallest absolute Gasteiger partial charge is 0.264 e. The van der Waals surface area contributed by atoms with E-state index in [-0.39, 0.29) is 6.61 Å². The lowest BCUT2D eigenvalue weighted by atomic mass is 9.94. The van der Waals surface area contributed by atoms with Gasteiger partial charge in [-0.3, -0.25) is 4.18 Å². The van der Waals surface area contributed by atoms with Gasteiger partial charge in [0.25, 0.3) is 10.1 Å². The Balaban J connectivity index is 2.05. The monoisotopic (exact) mass is 438 g/mol. The van der Waals surface area contributed by atoms with Crippen molar-refractivity contribution in [1.29, 1.82) is 0 Å². The second-order valence-electron chi connectivity index (χ2n) is 7.54. The van der Waals surface area contributed by atoms with Crippen LogP contribution in [0.15, 0.2) is 49.1 Å². The standard InChI is InChI=1S/C21H30N2O6S/c1-4-11-20(15-23-13-12-22-17-23)28-19(26-14-5-2)21(29-20,16-27-30(3,24)25)18-9-7-6-8-10-18/h6-10,12-13,17,19H,4-5,11,14-16H2,1-3H3. The molecular formula is C21H30N2O6S. The molecule has 2 heterocycles. The molecule has 0 saturated carbocycles. The van der Waals surface area contributed by atoms with E-state index in [0.717, 1.165) is 24.7 Å². The van der Waals surface area contributed by atoms with E-state index in [1.54, 1.807) is 12.5 Å². The quantitative estimate of drug-likeness (QED) is 0.498. The largest absolute Gasteiger partial charge is 0.349 e. The van der Waals surface area contributed by atoms with E-state index in [0.29, 0.717) is 19.6 Å². The van der Waals surface area contributed by atoms with Gasteiger partial charge in [-0.1, -0.05) is 50.6 Å². The fourth-order valence-corrected chi connectivity index (χ4v) is 4.07. The molecule has 3 atom stereocenters. The van der Waals surface area contributed by atoms with Gasteiger partial charge in [0.1, 0.15) is 6.61 Å². The zero-order valence-electron chi connectivity index (χ0n) is 17.7. The van der Waals surface area contributed by atoms with Gasteiger partial charge in [-0.05, 0) is 12.0 Å². The average Bonchev–Trinajstić information content (AvgIpc) is 3.32. The highest BCUT2D eigenvalue weighted by Gasteiger charge is 2.59. The molecule has 30 heavy (non-hydrogen) atoms. The lowest BCUT2D eigenvalue weighted by molar-refractivity contribution is -0.223. The number of ether oxygens (including phenoxy) is 3. The van der Waals surface area contributed by atoms with E-state index >= 15 is 0 Å². The highest BCUT2D eigenvalue weighted by atomic mass is 32.2. The number of imidazole rings is 1. The average molecular weight is 439 g/mol. The fraction of sp³-hybridized carbons (Fsp3) is 0.571. The summed E-state index contributed by atoms with van der Waals surface area (Å²) in [5.74, 6) is -1.02. The van der Waals surface area contributed by atoms with Crippen LogP contribution in [0.3, 0.4) is 0 Å². The molecule has 1 saturated heterocycles. The Morgan fingerprint density at radius 3 is 2.57 bits per heavy atom. The first-order valence-corrected chi connectivity index (χ1v) is 12.0. The lowest BCUT2D eigenvalue weighted by Crippen LogP contribution is -2.44. The Kier molecular flexibility index (Phi) is 7.30. The van der Waals surface area contributed by atoms with Gasteiger partial charge in [-0.25, -0.2) is 4.98 Å². The van der Waals surface area contributed by atoms with Crippen molar-refractivity contribution in [3.05, 3.63) is 54.6 Å². The number of hydrogen-bond acceptors (Lipinski definition) is 7. The minimum absolute atomic E-state index is 0.250. The van der Waals surface area contributed by atoms with Gasteiger partial charge in [0, 0.05) is 25.4 Å². The van der Waals surface area contributed by atoms with Crippen molar-refractivity contribution in [2.24, 2.45) is 0 Å². The number of aromatic nitrogens is 2. The summed E-state index contributed by atoms with van der Waals surface area (Å²) in [5.41, 5.74) is -0.506. The number of rotatable bonds is 11. The van der Waals surface area contributed by atoms with Crippen molar-refractivity contribution >= 4 is 10.1 Å². The fourth-order valence-electron chi connectivity index (χ4n) is 3.68. The molecule has 9 heteroatoms. The predicted octanol–water partition coefficient (Wildman–Crippen LogP) is 3.05. The van der Waals surface area contributed by atoms with Crippen LogP contribution in [0.5, 0.6) is 0 Å². The molecule has 1 aromatic heterocycles. The van der Waals surface area contributed by atoms with Crippen LogP contribution in [0.2, 0.25) is 0 Å².